The van der Waals surface area contributed by atoms with Crippen molar-refractivity contribution in [3.8, 4) is 11.8 Å². The Morgan fingerprint density at radius 1 is 1.21 bits per heavy atom. The molecule has 1 saturated heterocycles. The second kappa shape index (κ2) is 7.13. The molecule has 1 aromatic rings. The van der Waals surface area contributed by atoms with E-state index in [4.69, 9.17) is 10.00 Å². The first kappa shape index (κ1) is 13.9. The second-order valence-electron chi connectivity index (χ2n) is 4.96. The van der Waals surface area contributed by atoms with E-state index in [0.717, 1.165) is 13.1 Å². The van der Waals surface area contributed by atoms with Crippen molar-refractivity contribution in [2.45, 2.75) is 25.4 Å². The number of aliphatic hydroxyl groups excluding tert-OH is 1. The Labute approximate surface area is 114 Å². The number of aliphatic hydroxyl groups is 1. The molecule has 0 saturated carbocycles. The Morgan fingerprint density at radius 3 is 2.53 bits per heavy atom. The van der Waals surface area contributed by atoms with Gasteiger partial charge in [-0.1, -0.05) is 6.42 Å². The fourth-order valence-electron chi connectivity index (χ4n) is 2.31. The van der Waals surface area contributed by atoms with Crippen molar-refractivity contribution in [3.05, 3.63) is 29.8 Å². The van der Waals surface area contributed by atoms with Crippen molar-refractivity contribution in [2.24, 2.45) is 0 Å². The van der Waals surface area contributed by atoms with Crippen molar-refractivity contribution < 1.29 is 9.84 Å². The smallest absolute Gasteiger partial charge is 0.119 e. The summed E-state index contributed by atoms with van der Waals surface area (Å²) in [6.07, 6.45) is 3.29. The molecule has 1 fully saturated rings. The molecule has 4 heteroatoms. The van der Waals surface area contributed by atoms with Crippen LogP contribution in [0.5, 0.6) is 5.75 Å². The van der Waals surface area contributed by atoms with Gasteiger partial charge in [0.1, 0.15) is 18.5 Å². The molecule has 0 bridgehead atoms. The quantitative estimate of drug-likeness (QED) is 0.877. The van der Waals surface area contributed by atoms with Crippen molar-refractivity contribution in [1.82, 2.24) is 4.90 Å². The molecule has 2 rings (SSSR count). The van der Waals surface area contributed by atoms with Gasteiger partial charge in [-0.15, -0.1) is 0 Å². The fraction of sp³-hybridized carbons (Fsp3) is 0.533. The number of β-amino-alcohol motifs (C(OH)–C–C–N with tert-alkyl or cyclic N) is 1. The largest absolute Gasteiger partial charge is 0.491 e. The molecule has 0 radical (unpaired) electrons. The van der Waals surface area contributed by atoms with E-state index >= 15 is 0 Å². The Hall–Kier alpha value is -1.57. The Bertz CT molecular complexity index is 419. The molecular formula is C15H20N2O2. The number of nitrogens with zero attached hydrogens (tertiary/aromatic N) is 2. The van der Waals surface area contributed by atoms with Gasteiger partial charge in [-0.2, -0.15) is 5.26 Å². The molecule has 1 aromatic carbocycles. The van der Waals surface area contributed by atoms with Gasteiger partial charge in [0.05, 0.1) is 11.6 Å². The number of hydrogen-bond donors (Lipinski definition) is 1. The molecule has 19 heavy (non-hydrogen) atoms. The van der Waals surface area contributed by atoms with Gasteiger partial charge in [-0.25, -0.2) is 0 Å². The molecule has 0 spiro atoms. The summed E-state index contributed by atoms with van der Waals surface area (Å²) in [4.78, 5) is 2.29. The molecule has 0 aromatic heterocycles. The first-order valence-corrected chi connectivity index (χ1v) is 6.81. The lowest BCUT2D eigenvalue weighted by atomic mass is 10.1. The summed E-state index contributed by atoms with van der Waals surface area (Å²) in [5.41, 5.74) is 0.612. The van der Waals surface area contributed by atoms with Gasteiger partial charge in [-0.05, 0) is 50.2 Å². The lowest BCUT2D eigenvalue weighted by molar-refractivity contribution is 0.0617. The van der Waals surface area contributed by atoms with Crippen LogP contribution >= 0.6 is 0 Å². The third kappa shape index (κ3) is 4.55. The summed E-state index contributed by atoms with van der Waals surface area (Å²) in [7, 11) is 0. The maximum absolute atomic E-state index is 9.94. The van der Waals surface area contributed by atoms with Crippen LogP contribution in [0.1, 0.15) is 24.8 Å². The van der Waals surface area contributed by atoms with Crippen LogP contribution in [0, 0.1) is 11.3 Å². The molecule has 4 nitrogen and oxygen atoms in total. The number of hydrogen-bond acceptors (Lipinski definition) is 4. The number of benzene rings is 1. The van der Waals surface area contributed by atoms with Crippen molar-refractivity contribution in [1.29, 1.82) is 5.26 Å². The number of nitriles is 1. The first-order chi connectivity index (χ1) is 9.28. The monoisotopic (exact) mass is 260 g/mol. The van der Waals surface area contributed by atoms with E-state index in [1.165, 1.54) is 19.3 Å². The van der Waals surface area contributed by atoms with Gasteiger partial charge >= 0.3 is 0 Å². The molecule has 1 aliphatic heterocycles. The van der Waals surface area contributed by atoms with Gasteiger partial charge < -0.3 is 14.7 Å². The topological polar surface area (TPSA) is 56.5 Å². The molecule has 1 unspecified atom stereocenters. The second-order valence-corrected chi connectivity index (χ2v) is 4.96. The molecule has 1 aliphatic rings. The van der Waals surface area contributed by atoms with Gasteiger partial charge in [0.2, 0.25) is 0 Å². The van der Waals surface area contributed by atoms with E-state index in [2.05, 4.69) is 11.0 Å². The standard InChI is InChI=1S/C15H20N2O2/c16-10-13-4-6-15(7-5-13)19-12-14(18)11-17-8-2-1-3-9-17/h4-7,14,18H,1-3,8-9,11-12H2. The zero-order valence-electron chi connectivity index (χ0n) is 11.1. The number of rotatable bonds is 5. The van der Waals surface area contributed by atoms with Crippen LogP contribution < -0.4 is 4.74 Å². The van der Waals surface area contributed by atoms with E-state index in [1.54, 1.807) is 24.3 Å². The minimum atomic E-state index is -0.464. The predicted octanol–water partition coefficient (Wildman–Crippen LogP) is 1.78. The van der Waals surface area contributed by atoms with Gasteiger partial charge in [0.25, 0.3) is 0 Å². The zero-order chi connectivity index (χ0) is 13.5. The van der Waals surface area contributed by atoms with Crippen LogP contribution in [0.2, 0.25) is 0 Å². The van der Waals surface area contributed by atoms with E-state index in [0.29, 0.717) is 24.5 Å². The third-order valence-corrected chi connectivity index (χ3v) is 3.34. The number of likely N-dealkylation sites (tertiary alicyclic amines) is 1. The average molecular weight is 260 g/mol. The highest BCUT2D eigenvalue weighted by Gasteiger charge is 2.14. The lowest BCUT2D eigenvalue weighted by Crippen LogP contribution is -2.38. The average Bonchev–Trinajstić information content (AvgIpc) is 2.47. The lowest BCUT2D eigenvalue weighted by Gasteiger charge is -2.28. The SMILES string of the molecule is N#Cc1ccc(OCC(O)CN2CCCCC2)cc1. The first-order valence-electron chi connectivity index (χ1n) is 6.81. The highest BCUT2D eigenvalue weighted by molar-refractivity contribution is 5.34. The number of piperidine rings is 1. The Morgan fingerprint density at radius 2 is 1.89 bits per heavy atom. The molecule has 0 aliphatic carbocycles. The Kier molecular flexibility index (Phi) is 5.20. The van der Waals surface area contributed by atoms with Crippen molar-refractivity contribution >= 4 is 0 Å². The predicted molar refractivity (Wildman–Crippen MR) is 72.9 cm³/mol. The highest BCUT2D eigenvalue weighted by atomic mass is 16.5. The minimum absolute atomic E-state index is 0.294. The van der Waals surface area contributed by atoms with Crippen LogP contribution in [0.4, 0.5) is 0 Å². The maximum Gasteiger partial charge on any atom is 0.119 e. The summed E-state index contributed by atoms with van der Waals surface area (Å²) in [5, 5.41) is 18.6. The van der Waals surface area contributed by atoms with Crippen LogP contribution in [0.15, 0.2) is 24.3 Å². The third-order valence-electron chi connectivity index (χ3n) is 3.34. The van der Waals surface area contributed by atoms with Crippen LogP contribution in [-0.2, 0) is 0 Å². The minimum Gasteiger partial charge on any atom is -0.491 e. The summed E-state index contributed by atoms with van der Waals surface area (Å²) in [6, 6.07) is 9.00. The molecule has 1 atom stereocenters. The summed E-state index contributed by atoms with van der Waals surface area (Å²) in [6.45, 7) is 3.13. The van der Waals surface area contributed by atoms with Crippen LogP contribution in [0.25, 0.3) is 0 Å². The van der Waals surface area contributed by atoms with Gasteiger partial charge in [0.15, 0.2) is 0 Å². The van der Waals surface area contributed by atoms with Crippen molar-refractivity contribution in [2.75, 3.05) is 26.2 Å². The van der Waals surface area contributed by atoms with E-state index in [9.17, 15) is 5.11 Å². The summed E-state index contributed by atoms with van der Waals surface area (Å²) >= 11 is 0. The highest BCUT2D eigenvalue weighted by Crippen LogP contribution is 2.13. The van der Waals surface area contributed by atoms with Crippen LogP contribution in [-0.4, -0.2) is 42.4 Å². The zero-order valence-corrected chi connectivity index (χ0v) is 11.1. The van der Waals surface area contributed by atoms with E-state index in [-0.39, 0.29) is 0 Å². The Balaban J connectivity index is 1.73. The number of ether oxygens (including phenoxy) is 1. The summed E-state index contributed by atoms with van der Waals surface area (Å²) < 4.78 is 5.52. The van der Waals surface area contributed by atoms with Crippen molar-refractivity contribution in [3.63, 3.8) is 0 Å². The molecule has 1 N–H and O–H groups in total. The molecule has 1 heterocycles. The molecular weight excluding hydrogens is 240 g/mol. The molecule has 0 amide bonds. The summed E-state index contributed by atoms with van der Waals surface area (Å²) in [5.74, 6) is 0.691. The van der Waals surface area contributed by atoms with Crippen LogP contribution in [0.3, 0.4) is 0 Å². The van der Waals surface area contributed by atoms with E-state index < -0.39 is 6.10 Å². The van der Waals surface area contributed by atoms with Gasteiger partial charge in [0, 0.05) is 6.54 Å². The molecule has 102 valence electrons. The van der Waals surface area contributed by atoms with Gasteiger partial charge in [-0.3, -0.25) is 0 Å². The maximum atomic E-state index is 9.94. The normalized spacial score (nSPS) is 17.7. The fourth-order valence-corrected chi connectivity index (χ4v) is 2.31. The van der Waals surface area contributed by atoms with E-state index in [1.807, 2.05) is 0 Å².